The molecule has 0 unspecified atom stereocenters. The van der Waals surface area contributed by atoms with E-state index in [9.17, 15) is 0 Å². The molecule has 0 aliphatic carbocycles. The fraction of sp³-hybridized carbons (Fsp3) is 1.00. The van der Waals surface area contributed by atoms with E-state index in [1.807, 2.05) is 0 Å². The van der Waals surface area contributed by atoms with Gasteiger partial charge < -0.3 is 5.73 Å². The van der Waals surface area contributed by atoms with Gasteiger partial charge in [0.25, 0.3) is 0 Å². The fourth-order valence-corrected chi connectivity index (χ4v) is 1.58. The van der Waals surface area contributed by atoms with E-state index in [-0.39, 0.29) is 0 Å². The Hall–Kier alpha value is -0.0800. The van der Waals surface area contributed by atoms with Crippen LogP contribution in [-0.4, -0.2) is 24.7 Å². The molecule has 1 aliphatic rings. The van der Waals surface area contributed by atoms with Gasteiger partial charge in [-0.3, -0.25) is 4.90 Å². The highest BCUT2D eigenvalue weighted by Crippen LogP contribution is 2.18. The topological polar surface area (TPSA) is 29.3 Å². The lowest BCUT2D eigenvalue weighted by molar-refractivity contribution is 0.186. The minimum absolute atomic E-state index is 0.746. The molecule has 2 heteroatoms. The maximum Gasteiger partial charge on any atom is 0.0455 e. The Balaban J connectivity index is 2.17. The van der Waals surface area contributed by atoms with Gasteiger partial charge in [-0.1, -0.05) is 13.3 Å². The Morgan fingerprint density at radius 2 is 2.00 bits per heavy atom. The summed E-state index contributed by atoms with van der Waals surface area (Å²) in [5, 5.41) is 0. The van der Waals surface area contributed by atoms with Gasteiger partial charge in [0.15, 0.2) is 0 Å². The molecule has 1 saturated heterocycles. The Morgan fingerprint density at radius 3 is 2.40 bits per heavy atom. The quantitative estimate of drug-likeness (QED) is 0.624. The third kappa shape index (κ3) is 1.96. The SMILES string of the molecule is CCC1CCN(CN)CC1. The average Bonchev–Trinajstić information content (AvgIpc) is 2.05. The van der Waals surface area contributed by atoms with E-state index in [2.05, 4.69) is 11.8 Å². The van der Waals surface area contributed by atoms with Crippen LogP contribution in [-0.2, 0) is 0 Å². The third-order valence-electron chi connectivity index (χ3n) is 2.54. The van der Waals surface area contributed by atoms with Gasteiger partial charge in [0.05, 0.1) is 0 Å². The zero-order valence-electron chi connectivity index (χ0n) is 6.84. The summed E-state index contributed by atoms with van der Waals surface area (Å²) >= 11 is 0. The zero-order valence-corrected chi connectivity index (χ0v) is 6.84. The molecule has 1 heterocycles. The summed E-state index contributed by atoms with van der Waals surface area (Å²) in [6, 6.07) is 0. The van der Waals surface area contributed by atoms with E-state index >= 15 is 0 Å². The maximum atomic E-state index is 5.52. The first-order valence-corrected chi connectivity index (χ1v) is 4.29. The Kier molecular flexibility index (Phi) is 3.16. The normalized spacial score (nSPS) is 23.4. The van der Waals surface area contributed by atoms with Crippen molar-refractivity contribution in [2.24, 2.45) is 11.7 Å². The highest BCUT2D eigenvalue weighted by molar-refractivity contribution is 4.69. The minimum Gasteiger partial charge on any atom is -0.318 e. The fourth-order valence-electron chi connectivity index (χ4n) is 1.58. The molecule has 0 amide bonds. The Bertz CT molecular complexity index is 73.3. The first-order chi connectivity index (χ1) is 4.86. The van der Waals surface area contributed by atoms with E-state index in [4.69, 9.17) is 5.73 Å². The number of nitrogens with zero attached hydrogens (tertiary/aromatic N) is 1. The second-order valence-electron chi connectivity index (χ2n) is 3.15. The van der Waals surface area contributed by atoms with Crippen LogP contribution in [0.2, 0.25) is 0 Å². The molecule has 0 spiro atoms. The van der Waals surface area contributed by atoms with Crippen molar-refractivity contribution >= 4 is 0 Å². The molecule has 0 bridgehead atoms. The van der Waals surface area contributed by atoms with Gasteiger partial charge in [0, 0.05) is 6.67 Å². The minimum atomic E-state index is 0.746. The van der Waals surface area contributed by atoms with Crippen molar-refractivity contribution in [1.29, 1.82) is 0 Å². The predicted octanol–water partition coefficient (Wildman–Crippen LogP) is 1.02. The molecule has 0 aromatic rings. The van der Waals surface area contributed by atoms with E-state index < -0.39 is 0 Å². The van der Waals surface area contributed by atoms with Crippen molar-refractivity contribution in [1.82, 2.24) is 4.90 Å². The van der Waals surface area contributed by atoms with Crippen molar-refractivity contribution in [3.63, 3.8) is 0 Å². The lowest BCUT2D eigenvalue weighted by atomic mass is 9.95. The van der Waals surface area contributed by atoms with Crippen LogP contribution in [0, 0.1) is 5.92 Å². The molecule has 0 radical (unpaired) electrons. The van der Waals surface area contributed by atoms with Crippen LogP contribution in [0.5, 0.6) is 0 Å². The summed E-state index contributed by atoms with van der Waals surface area (Å²) < 4.78 is 0. The van der Waals surface area contributed by atoms with Crippen LogP contribution in [0.15, 0.2) is 0 Å². The molecule has 0 saturated carbocycles. The third-order valence-corrected chi connectivity index (χ3v) is 2.54. The van der Waals surface area contributed by atoms with Crippen molar-refractivity contribution in [3.8, 4) is 0 Å². The molecule has 2 N–H and O–H groups in total. The van der Waals surface area contributed by atoms with Gasteiger partial charge in [0.1, 0.15) is 0 Å². The molecule has 1 rings (SSSR count). The van der Waals surface area contributed by atoms with Gasteiger partial charge in [-0.15, -0.1) is 0 Å². The van der Waals surface area contributed by atoms with E-state index in [0.29, 0.717) is 0 Å². The molecule has 0 aromatic carbocycles. The molecule has 0 aromatic heterocycles. The van der Waals surface area contributed by atoms with Crippen LogP contribution < -0.4 is 5.73 Å². The van der Waals surface area contributed by atoms with Crippen molar-refractivity contribution in [3.05, 3.63) is 0 Å². The van der Waals surface area contributed by atoms with Crippen LogP contribution in [0.4, 0.5) is 0 Å². The second kappa shape index (κ2) is 3.94. The molecular weight excluding hydrogens is 124 g/mol. The standard InChI is InChI=1S/C8H18N2/c1-2-8-3-5-10(7-9)6-4-8/h8H,2-7,9H2,1H3. The Labute approximate surface area is 63.4 Å². The average molecular weight is 142 g/mol. The molecule has 2 nitrogen and oxygen atoms in total. The number of likely N-dealkylation sites (tertiary alicyclic amines) is 1. The van der Waals surface area contributed by atoms with Crippen LogP contribution in [0.1, 0.15) is 26.2 Å². The van der Waals surface area contributed by atoms with Gasteiger partial charge in [0.2, 0.25) is 0 Å². The van der Waals surface area contributed by atoms with Gasteiger partial charge in [-0.05, 0) is 31.8 Å². The molecule has 60 valence electrons. The maximum absolute atomic E-state index is 5.52. The highest BCUT2D eigenvalue weighted by Gasteiger charge is 2.15. The summed E-state index contributed by atoms with van der Waals surface area (Å²) in [5.41, 5.74) is 5.52. The first kappa shape index (κ1) is 8.02. The molecule has 10 heavy (non-hydrogen) atoms. The van der Waals surface area contributed by atoms with E-state index in [1.54, 1.807) is 0 Å². The number of nitrogens with two attached hydrogens (primary N) is 1. The highest BCUT2D eigenvalue weighted by atomic mass is 15.2. The first-order valence-electron chi connectivity index (χ1n) is 4.29. The number of rotatable bonds is 2. The lowest BCUT2D eigenvalue weighted by Crippen LogP contribution is -2.37. The van der Waals surface area contributed by atoms with Crippen molar-refractivity contribution < 1.29 is 0 Å². The van der Waals surface area contributed by atoms with E-state index in [0.717, 1.165) is 12.6 Å². The smallest absolute Gasteiger partial charge is 0.0455 e. The van der Waals surface area contributed by atoms with E-state index in [1.165, 1.54) is 32.4 Å². The number of hydrogen-bond donors (Lipinski definition) is 1. The second-order valence-corrected chi connectivity index (χ2v) is 3.15. The number of hydrogen-bond acceptors (Lipinski definition) is 2. The van der Waals surface area contributed by atoms with Gasteiger partial charge >= 0.3 is 0 Å². The summed E-state index contributed by atoms with van der Waals surface area (Å²) in [5.74, 6) is 0.975. The number of piperidine rings is 1. The van der Waals surface area contributed by atoms with Gasteiger partial charge in [-0.2, -0.15) is 0 Å². The Morgan fingerprint density at radius 1 is 1.40 bits per heavy atom. The van der Waals surface area contributed by atoms with Crippen LogP contribution >= 0.6 is 0 Å². The molecular formula is C8H18N2. The van der Waals surface area contributed by atoms with Crippen LogP contribution in [0.3, 0.4) is 0 Å². The molecule has 1 fully saturated rings. The van der Waals surface area contributed by atoms with Crippen LogP contribution in [0.25, 0.3) is 0 Å². The summed E-state index contributed by atoms with van der Waals surface area (Å²) in [7, 11) is 0. The van der Waals surface area contributed by atoms with Gasteiger partial charge in [-0.25, -0.2) is 0 Å². The predicted molar refractivity (Wildman–Crippen MR) is 43.6 cm³/mol. The summed E-state index contributed by atoms with van der Waals surface area (Å²) in [6.07, 6.45) is 4.06. The molecule has 1 aliphatic heterocycles. The largest absolute Gasteiger partial charge is 0.318 e. The van der Waals surface area contributed by atoms with Crippen molar-refractivity contribution in [2.75, 3.05) is 19.8 Å². The lowest BCUT2D eigenvalue weighted by Gasteiger charge is -2.29. The summed E-state index contributed by atoms with van der Waals surface area (Å²) in [4.78, 5) is 2.33. The summed E-state index contributed by atoms with van der Waals surface area (Å²) in [6.45, 7) is 5.46. The van der Waals surface area contributed by atoms with Crippen molar-refractivity contribution in [2.45, 2.75) is 26.2 Å². The zero-order chi connectivity index (χ0) is 7.40. The molecule has 0 atom stereocenters. The monoisotopic (exact) mass is 142 g/mol.